The highest BCUT2D eigenvalue weighted by molar-refractivity contribution is 7.99. The zero-order valence-corrected chi connectivity index (χ0v) is 10.0. The number of nitrogens with one attached hydrogen (secondary N) is 1. The summed E-state index contributed by atoms with van der Waals surface area (Å²) in [7, 11) is 0. The summed E-state index contributed by atoms with van der Waals surface area (Å²) in [6.07, 6.45) is 0. The van der Waals surface area contributed by atoms with Gasteiger partial charge in [0.05, 0.1) is 0 Å². The predicted octanol–water partition coefficient (Wildman–Crippen LogP) is 3.22. The number of hydrogen-bond acceptors (Lipinski definition) is 2. The fraction of sp³-hybridized carbons (Fsp3) is 0.333. The van der Waals surface area contributed by atoms with Crippen LogP contribution in [0.25, 0.3) is 0 Å². The van der Waals surface area contributed by atoms with Crippen LogP contribution in [0, 0.1) is 11.6 Å². The van der Waals surface area contributed by atoms with Gasteiger partial charge in [-0.2, -0.15) is 0 Å². The van der Waals surface area contributed by atoms with Crippen molar-refractivity contribution in [3.63, 3.8) is 0 Å². The number of halogens is 2. The van der Waals surface area contributed by atoms with E-state index in [1.54, 1.807) is 6.07 Å². The van der Waals surface area contributed by atoms with Crippen LogP contribution >= 0.6 is 11.8 Å². The summed E-state index contributed by atoms with van der Waals surface area (Å²) in [5.74, 6) is -0.906. The van der Waals surface area contributed by atoms with Gasteiger partial charge in [0, 0.05) is 17.2 Å². The van der Waals surface area contributed by atoms with Gasteiger partial charge in [-0.25, -0.2) is 8.78 Å². The van der Waals surface area contributed by atoms with E-state index in [0.717, 1.165) is 29.6 Å². The van der Waals surface area contributed by atoms with Crippen LogP contribution in [-0.4, -0.2) is 18.8 Å². The maximum absolute atomic E-state index is 12.9. The first-order chi connectivity index (χ1) is 7.63. The monoisotopic (exact) mass is 243 g/mol. The molecule has 0 saturated heterocycles. The third-order valence-corrected chi connectivity index (χ3v) is 3.10. The van der Waals surface area contributed by atoms with Gasteiger partial charge in [-0.1, -0.05) is 19.1 Å². The second kappa shape index (κ2) is 6.66. The van der Waals surface area contributed by atoms with Crippen molar-refractivity contribution in [2.45, 2.75) is 11.8 Å². The minimum Gasteiger partial charge on any atom is -0.313 e. The quantitative estimate of drug-likeness (QED) is 0.608. The molecule has 0 amide bonds. The van der Waals surface area contributed by atoms with Gasteiger partial charge >= 0.3 is 0 Å². The normalized spacial score (nSPS) is 10.4. The molecule has 0 spiro atoms. The average molecular weight is 243 g/mol. The number of hydrogen-bond donors (Lipinski definition) is 1. The molecule has 88 valence electrons. The van der Waals surface area contributed by atoms with Crippen molar-refractivity contribution in [2.75, 3.05) is 18.8 Å². The molecule has 0 atom stereocenters. The molecule has 0 fully saturated rings. The Hall–Kier alpha value is -0.870. The Kier molecular flexibility index (Phi) is 5.49. The smallest absolute Gasteiger partial charge is 0.159 e. The molecule has 0 aromatic heterocycles. The van der Waals surface area contributed by atoms with Gasteiger partial charge in [-0.05, 0) is 24.7 Å². The maximum Gasteiger partial charge on any atom is 0.159 e. The van der Waals surface area contributed by atoms with E-state index in [9.17, 15) is 8.78 Å². The third-order valence-electron chi connectivity index (χ3n) is 1.96. The lowest BCUT2D eigenvalue weighted by Gasteiger charge is -2.06. The van der Waals surface area contributed by atoms with E-state index in [4.69, 9.17) is 0 Å². The molecule has 1 aromatic carbocycles. The fourth-order valence-corrected chi connectivity index (χ4v) is 1.93. The van der Waals surface area contributed by atoms with Crippen molar-refractivity contribution in [1.29, 1.82) is 0 Å². The van der Waals surface area contributed by atoms with Gasteiger partial charge in [0.25, 0.3) is 0 Å². The lowest BCUT2D eigenvalue weighted by atomic mass is 10.3. The van der Waals surface area contributed by atoms with Crippen molar-refractivity contribution in [3.05, 3.63) is 42.0 Å². The van der Waals surface area contributed by atoms with Crippen LogP contribution in [0.3, 0.4) is 0 Å². The summed E-state index contributed by atoms with van der Waals surface area (Å²) >= 11 is 1.46. The van der Waals surface area contributed by atoms with E-state index >= 15 is 0 Å². The van der Waals surface area contributed by atoms with Gasteiger partial charge in [0.2, 0.25) is 0 Å². The summed E-state index contributed by atoms with van der Waals surface area (Å²) in [4.78, 5) is 0.719. The van der Waals surface area contributed by atoms with E-state index in [0.29, 0.717) is 5.75 Å². The zero-order valence-electron chi connectivity index (χ0n) is 9.22. The van der Waals surface area contributed by atoms with Crippen LogP contribution in [0.4, 0.5) is 8.78 Å². The van der Waals surface area contributed by atoms with Gasteiger partial charge in [-0.15, -0.1) is 11.8 Å². The van der Waals surface area contributed by atoms with E-state index in [2.05, 4.69) is 11.9 Å². The van der Waals surface area contributed by atoms with Crippen molar-refractivity contribution < 1.29 is 8.78 Å². The van der Waals surface area contributed by atoms with Gasteiger partial charge in [-0.3, -0.25) is 0 Å². The molecular weight excluding hydrogens is 228 g/mol. The Labute approximate surface area is 98.9 Å². The molecule has 0 aliphatic heterocycles. The molecule has 1 N–H and O–H groups in total. The Morgan fingerprint density at radius 3 is 2.75 bits per heavy atom. The van der Waals surface area contributed by atoms with Crippen LogP contribution in [0.2, 0.25) is 0 Å². The molecule has 0 heterocycles. The highest BCUT2D eigenvalue weighted by Crippen LogP contribution is 2.21. The van der Waals surface area contributed by atoms with Gasteiger partial charge in [0.1, 0.15) is 0 Å². The standard InChI is InChI=1S/C12H15F2NS/c1-3-15-7-9(2)8-16-10-4-5-11(13)12(14)6-10/h4-6,15H,2-3,7-8H2,1H3. The molecule has 0 aliphatic carbocycles. The van der Waals surface area contributed by atoms with Crippen LogP contribution in [0.5, 0.6) is 0 Å². The molecule has 1 nitrogen and oxygen atoms in total. The first-order valence-electron chi connectivity index (χ1n) is 5.08. The molecule has 16 heavy (non-hydrogen) atoms. The van der Waals surface area contributed by atoms with Crippen LogP contribution < -0.4 is 5.32 Å². The highest BCUT2D eigenvalue weighted by atomic mass is 32.2. The number of likely N-dealkylation sites (N-methyl/N-ethyl adjacent to an activating group) is 1. The minimum absolute atomic E-state index is 0.706. The van der Waals surface area contributed by atoms with E-state index in [1.807, 2.05) is 6.92 Å². The Morgan fingerprint density at radius 2 is 2.12 bits per heavy atom. The van der Waals surface area contributed by atoms with Crippen LogP contribution in [0.15, 0.2) is 35.2 Å². The number of rotatable bonds is 6. The summed E-state index contributed by atoms with van der Waals surface area (Å²) in [6.45, 7) is 7.57. The van der Waals surface area contributed by atoms with Crippen molar-refractivity contribution in [2.24, 2.45) is 0 Å². The zero-order chi connectivity index (χ0) is 12.0. The summed E-state index contributed by atoms with van der Waals surface area (Å²) in [5, 5.41) is 3.16. The second-order valence-corrected chi connectivity index (χ2v) is 4.44. The van der Waals surface area contributed by atoms with Crippen molar-refractivity contribution in [1.82, 2.24) is 5.32 Å². The van der Waals surface area contributed by atoms with E-state index < -0.39 is 11.6 Å². The van der Waals surface area contributed by atoms with Crippen molar-refractivity contribution in [3.8, 4) is 0 Å². The number of benzene rings is 1. The lowest BCUT2D eigenvalue weighted by Crippen LogP contribution is -2.16. The Morgan fingerprint density at radius 1 is 1.38 bits per heavy atom. The van der Waals surface area contributed by atoms with Gasteiger partial charge in [0.15, 0.2) is 11.6 Å². The van der Waals surface area contributed by atoms with E-state index in [1.165, 1.54) is 17.8 Å². The molecule has 0 unspecified atom stereocenters. The molecule has 0 aliphatic rings. The van der Waals surface area contributed by atoms with Crippen LogP contribution in [0.1, 0.15) is 6.92 Å². The molecule has 0 radical (unpaired) electrons. The Balaban J connectivity index is 2.42. The summed E-state index contributed by atoms with van der Waals surface area (Å²) < 4.78 is 25.5. The lowest BCUT2D eigenvalue weighted by molar-refractivity contribution is 0.506. The van der Waals surface area contributed by atoms with Crippen molar-refractivity contribution >= 4 is 11.8 Å². The Bertz CT molecular complexity index is 366. The summed E-state index contributed by atoms with van der Waals surface area (Å²) in [5.41, 5.74) is 1.04. The molecule has 1 aromatic rings. The molecular formula is C12H15F2NS. The molecule has 4 heteroatoms. The van der Waals surface area contributed by atoms with E-state index in [-0.39, 0.29) is 0 Å². The molecule has 1 rings (SSSR count). The number of thioether (sulfide) groups is 1. The summed E-state index contributed by atoms with van der Waals surface area (Å²) in [6, 6.07) is 3.93. The molecule has 0 saturated carbocycles. The third kappa shape index (κ3) is 4.33. The minimum atomic E-state index is -0.809. The second-order valence-electron chi connectivity index (χ2n) is 3.39. The topological polar surface area (TPSA) is 12.0 Å². The molecule has 0 bridgehead atoms. The predicted molar refractivity (Wildman–Crippen MR) is 64.8 cm³/mol. The SMILES string of the molecule is C=C(CNCC)CSc1ccc(F)c(F)c1. The first kappa shape index (κ1) is 13.2. The average Bonchev–Trinajstić information content (AvgIpc) is 2.28. The van der Waals surface area contributed by atoms with Crippen LogP contribution in [-0.2, 0) is 0 Å². The highest BCUT2D eigenvalue weighted by Gasteiger charge is 2.03. The fourth-order valence-electron chi connectivity index (χ4n) is 1.10. The van der Waals surface area contributed by atoms with Gasteiger partial charge < -0.3 is 5.32 Å². The first-order valence-corrected chi connectivity index (χ1v) is 6.07. The maximum atomic E-state index is 12.9. The largest absolute Gasteiger partial charge is 0.313 e.